The third-order valence-corrected chi connectivity index (χ3v) is 3.70. The zero-order valence-electron chi connectivity index (χ0n) is 11.3. The molecule has 0 saturated heterocycles. The Morgan fingerprint density at radius 3 is 2.84 bits per heavy atom. The van der Waals surface area contributed by atoms with Crippen LogP contribution >= 0.6 is 11.8 Å². The molecule has 0 atom stereocenters. The normalized spacial score (nSPS) is 10.3. The molecular formula is C14H17N3OS. The Hall–Kier alpha value is -1.75. The highest BCUT2D eigenvalue weighted by molar-refractivity contribution is 7.99. The van der Waals surface area contributed by atoms with Gasteiger partial charge in [0.25, 0.3) is 0 Å². The molecule has 1 N–H and O–H groups in total. The van der Waals surface area contributed by atoms with Gasteiger partial charge in [0.1, 0.15) is 10.8 Å². The summed E-state index contributed by atoms with van der Waals surface area (Å²) in [7, 11) is 1.68. The lowest BCUT2D eigenvalue weighted by molar-refractivity contribution is 0.405. The third kappa shape index (κ3) is 3.38. The molecular weight excluding hydrogens is 258 g/mol. The molecule has 0 aliphatic carbocycles. The van der Waals surface area contributed by atoms with Crippen LogP contribution in [0.1, 0.15) is 12.5 Å². The summed E-state index contributed by atoms with van der Waals surface area (Å²) in [5.74, 6) is 1.51. The number of nitrogens with zero attached hydrogens (tertiary/aromatic N) is 2. The quantitative estimate of drug-likeness (QED) is 0.848. The van der Waals surface area contributed by atoms with Gasteiger partial charge in [0, 0.05) is 18.3 Å². The Balaban J connectivity index is 2.29. The van der Waals surface area contributed by atoms with E-state index in [-0.39, 0.29) is 0 Å². The Morgan fingerprint density at radius 2 is 2.11 bits per heavy atom. The van der Waals surface area contributed by atoms with Crippen LogP contribution < -0.4 is 10.1 Å². The summed E-state index contributed by atoms with van der Waals surface area (Å²) in [6, 6.07) is 7.93. The Labute approximate surface area is 117 Å². The summed E-state index contributed by atoms with van der Waals surface area (Å²) in [6.45, 7) is 4.84. The first-order valence-electron chi connectivity index (χ1n) is 6.13. The second-order valence-electron chi connectivity index (χ2n) is 3.97. The number of aromatic nitrogens is 2. The average molecular weight is 275 g/mol. The molecule has 0 amide bonds. The Morgan fingerprint density at radius 1 is 1.32 bits per heavy atom. The van der Waals surface area contributed by atoms with Crippen LogP contribution in [0.3, 0.4) is 0 Å². The van der Waals surface area contributed by atoms with Gasteiger partial charge in [-0.3, -0.25) is 0 Å². The van der Waals surface area contributed by atoms with Crippen LogP contribution in [0.5, 0.6) is 5.75 Å². The van der Waals surface area contributed by atoms with Crippen LogP contribution in [0.25, 0.3) is 0 Å². The summed E-state index contributed by atoms with van der Waals surface area (Å²) in [5.41, 5.74) is 1.05. The molecule has 0 unspecified atom stereocenters. The van der Waals surface area contributed by atoms with Gasteiger partial charge in [-0.2, -0.15) is 0 Å². The molecule has 2 rings (SSSR count). The number of nitrogens with one attached hydrogen (secondary N) is 1. The number of benzene rings is 1. The van der Waals surface area contributed by atoms with E-state index in [0.29, 0.717) is 5.95 Å². The Bertz CT molecular complexity index is 560. The fraction of sp³-hybridized carbons (Fsp3) is 0.286. The number of methoxy groups -OCH3 is 1. The predicted molar refractivity (Wildman–Crippen MR) is 78.0 cm³/mol. The molecule has 1 heterocycles. The lowest BCUT2D eigenvalue weighted by atomic mass is 10.3. The van der Waals surface area contributed by atoms with Crippen molar-refractivity contribution in [3.05, 3.63) is 36.0 Å². The first kappa shape index (κ1) is 13.7. The van der Waals surface area contributed by atoms with Crippen molar-refractivity contribution in [2.24, 2.45) is 0 Å². The molecule has 2 aromatic rings. The average Bonchev–Trinajstić information content (AvgIpc) is 2.43. The fourth-order valence-corrected chi connectivity index (χ4v) is 2.53. The van der Waals surface area contributed by atoms with E-state index in [9.17, 15) is 0 Å². The minimum atomic E-state index is 0.658. The monoisotopic (exact) mass is 275 g/mol. The number of anilines is 1. The van der Waals surface area contributed by atoms with Crippen molar-refractivity contribution in [1.82, 2.24) is 9.97 Å². The van der Waals surface area contributed by atoms with Crippen LogP contribution in [-0.2, 0) is 0 Å². The lowest BCUT2D eigenvalue weighted by Gasteiger charge is -2.10. The Kier molecular flexibility index (Phi) is 4.63. The molecule has 0 fully saturated rings. The number of rotatable bonds is 5. The molecule has 0 saturated carbocycles. The largest absolute Gasteiger partial charge is 0.496 e. The summed E-state index contributed by atoms with van der Waals surface area (Å²) >= 11 is 1.59. The van der Waals surface area contributed by atoms with E-state index in [1.54, 1.807) is 18.9 Å². The van der Waals surface area contributed by atoms with E-state index >= 15 is 0 Å². The highest BCUT2D eigenvalue weighted by atomic mass is 32.2. The maximum absolute atomic E-state index is 5.36. The maximum Gasteiger partial charge on any atom is 0.223 e. The SMILES string of the molecule is CCNc1ncc(C)c(Sc2ccccc2OC)n1. The van der Waals surface area contributed by atoms with E-state index < -0.39 is 0 Å². The van der Waals surface area contributed by atoms with Crippen molar-refractivity contribution < 1.29 is 4.74 Å². The van der Waals surface area contributed by atoms with Crippen LogP contribution in [-0.4, -0.2) is 23.6 Å². The van der Waals surface area contributed by atoms with Gasteiger partial charge in [0.05, 0.1) is 12.0 Å². The van der Waals surface area contributed by atoms with Crippen molar-refractivity contribution in [2.45, 2.75) is 23.8 Å². The van der Waals surface area contributed by atoms with Crippen molar-refractivity contribution in [1.29, 1.82) is 0 Å². The number of ether oxygens (including phenoxy) is 1. The highest BCUT2D eigenvalue weighted by Gasteiger charge is 2.09. The van der Waals surface area contributed by atoms with Gasteiger partial charge >= 0.3 is 0 Å². The van der Waals surface area contributed by atoms with Gasteiger partial charge < -0.3 is 10.1 Å². The predicted octanol–water partition coefficient (Wildman–Crippen LogP) is 3.38. The molecule has 5 heteroatoms. The first-order valence-corrected chi connectivity index (χ1v) is 6.94. The van der Waals surface area contributed by atoms with Crippen molar-refractivity contribution in [3.8, 4) is 5.75 Å². The zero-order valence-corrected chi connectivity index (χ0v) is 12.1. The van der Waals surface area contributed by atoms with Crippen LogP contribution in [0.4, 0.5) is 5.95 Å². The summed E-state index contributed by atoms with van der Waals surface area (Å²) in [5, 5.41) is 4.06. The van der Waals surface area contributed by atoms with Gasteiger partial charge in [-0.15, -0.1) is 0 Å². The molecule has 0 bridgehead atoms. The van der Waals surface area contributed by atoms with Crippen molar-refractivity contribution >= 4 is 17.7 Å². The summed E-state index contributed by atoms with van der Waals surface area (Å²) in [4.78, 5) is 9.81. The number of aryl methyl sites for hydroxylation is 1. The van der Waals surface area contributed by atoms with Gasteiger partial charge in [0.15, 0.2) is 0 Å². The van der Waals surface area contributed by atoms with Crippen molar-refractivity contribution in [2.75, 3.05) is 19.0 Å². The van der Waals surface area contributed by atoms with Crippen LogP contribution in [0.2, 0.25) is 0 Å². The molecule has 0 radical (unpaired) electrons. The van der Waals surface area contributed by atoms with E-state index in [1.165, 1.54) is 0 Å². The molecule has 4 nitrogen and oxygen atoms in total. The molecule has 0 aliphatic rings. The molecule has 1 aromatic heterocycles. The number of hydrogen-bond donors (Lipinski definition) is 1. The number of para-hydroxylation sites is 1. The number of hydrogen-bond acceptors (Lipinski definition) is 5. The summed E-state index contributed by atoms with van der Waals surface area (Å²) < 4.78 is 5.36. The lowest BCUT2D eigenvalue weighted by Crippen LogP contribution is -2.03. The first-order chi connectivity index (χ1) is 9.24. The fourth-order valence-electron chi connectivity index (χ4n) is 1.58. The second kappa shape index (κ2) is 6.43. The maximum atomic E-state index is 5.36. The molecule has 19 heavy (non-hydrogen) atoms. The minimum absolute atomic E-state index is 0.658. The topological polar surface area (TPSA) is 47.0 Å². The van der Waals surface area contributed by atoms with E-state index in [1.807, 2.05) is 44.3 Å². The third-order valence-electron chi connectivity index (χ3n) is 2.54. The van der Waals surface area contributed by atoms with Gasteiger partial charge in [-0.05, 0) is 26.0 Å². The van der Waals surface area contributed by atoms with E-state index in [2.05, 4.69) is 15.3 Å². The van der Waals surface area contributed by atoms with E-state index in [0.717, 1.165) is 27.8 Å². The zero-order chi connectivity index (χ0) is 13.7. The van der Waals surface area contributed by atoms with Gasteiger partial charge in [0.2, 0.25) is 5.95 Å². The molecule has 0 spiro atoms. The van der Waals surface area contributed by atoms with Crippen LogP contribution in [0, 0.1) is 6.92 Å². The smallest absolute Gasteiger partial charge is 0.223 e. The molecule has 1 aromatic carbocycles. The second-order valence-corrected chi connectivity index (χ2v) is 5.00. The van der Waals surface area contributed by atoms with Gasteiger partial charge in [-0.25, -0.2) is 9.97 Å². The standard InChI is InChI=1S/C14H17N3OS/c1-4-15-14-16-9-10(2)13(17-14)19-12-8-6-5-7-11(12)18-3/h5-9H,4H2,1-3H3,(H,15,16,17). The van der Waals surface area contributed by atoms with Crippen molar-refractivity contribution in [3.63, 3.8) is 0 Å². The van der Waals surface area contributed by atoms with Gasteiger partial charge in [-0.1, -0.05) is 23.9 Å². The highest BCUT2D eigenvalue weighted by Crippen LogP contribution is 2.35. The van der Waals surface area contributed by atoms with Crippen LogP contribution in [0.15, 0.2) is 40.4 Å². The minimum Gasteiger partial charge on any atom is -0.496 e. The summed E-state index contributed by atoms with van der Waals surface area (Å²) in [6.07, 6.45) is 1.84. The molecule has 100 valence electrons. The van der Waals surface area contributed by atoms with E-state index in [4.69, 9.17) is 4.74 Å². The molecule has 0 aliphatic heterocycles.